The first-order chi connectivity index (χ1) is 14.6. The maximum Gasteiger partial charge on any atom is 0.243 e. The summed E-state index contributed by atoms with van der Waals surface area (Å²) < 4.78 is 5.31. The molecule has 0 unspecified atom stereocenters. The summed E-state index contributed by atoms with van der Waals surface area (Å²) in [6.07, 6.45) is 2.95. The highest BCUT2D eigenvalue weighted by molar-refractivity contribution is 5.90. The lowest BCUT2D eigenvalue weighted by Gasteiger charge is -2.36. The fourth-order valence-electron chi connectivity index (χ4n) is 3.85. The van der Waals surface area contributed by atoms with Crippen LogP contribution in [0.25, 0.3) is 0 Å². The van der Waals surface area contributed by atoms with Crippen molar-refractivity contribution in [3.8, 4) is 5.75 Å². The predicted molar refractivity (Wildman–Crippen MR) is 124 cm³/mol. The van der Waals surface area contributed by atoms with E-state index in [0.29, 0.717) is 0 Å². The third-order valence-electron chi connectivity index (χ3n) is 5.94. The second-order valence-corrected chi connectivity index (χ2v) is 9.57. The van der Waals surface area contributed by atoms with Crippen molar-refractivity contribution in [3.63, 3.8) is 0 Å². The van der Waals surface area contributed by atoms with Gasteiger partial charge in [0.25, 0.3) is 0 Å². The third-order valence-corrected chi connectivity index (χ3v) is 5.94. The van der Waals surface area contributed by atoms with Crippen molar-refractivity contribution in [1.82, 2.24) is 20.9 Å². The average molecular weight is 433 g/mol. The molecule has 3 N–H and O–H groups in total. The molecule has 1 aliphatic heterocycles. The Hall–Kier alpha value is -2.12. The molecular weight excluding hydrogens is 392 g/mol. The zero-order valence-electron chi connectivity index (χ0n) is 20.0. The Morgan fingerprint density at radius 1 is 1.26 bits per heavy atom. The number of methoxy groups -OCH3 is 1. The van der Waals surface area contributed by atoms with E-state index in [9.17, 15) is 9.59 Å². The Kier molecular flexibility index (Phi) is 9.32. The number of piperidine rings is 1. The van der Waals surface area contributed by atoms with Crippen molar-refractivity contribution in [2.75, 3.05) is 33.8 Å². The van der Waals surface area contributed by atoms with E-state index in [1.807, 2.05) is 32.9 Å². The molecule has 7 nitrogen and oxygen atoms in total. The van der Waals surface area contributed by atoms with Crippen molar-refractivity contribution >= 4 is 11.8 Å². The molecule has 0 radical (unpaired) electrons. The molecular formula is C24H40N4O3. The first-order valence-corrected chi connectivity index (χ1v) is 11.3. The van der Waals surface area contributed by atoms with Crippen LogP contribution in [0.2, 0.25) is 0 Å². The molecule has 1 fully saturated rings. The summed E-state index contributed by atoms with van der Waals surface area (Å²) >= 11 is 0. The molecule has 0 aromatic heterocycles. The predicted octanol–water partition coefficient (Wildman–Crippen LogP) is 1.96. The number of carbonyl (C=O) groups is 2. The van der Waals surface area contributed by atoms with Gasteiger partial charge in [-0.15, -0.1) is 0 Å². The van der Waals surface area contributed by atoms with Crippen molar-refractivity contribution in [2.45, 2.75) is 65.1 Å². The first kappa shape index (κ1) is 25.1. The lowest BCUT2D eigenvalue weighted by molar-refractivity contribution is -0.133. The molecule has 1 heterocycles. The lowest BCUT2D eigenvalue weighted by atomic mass is 9.85. The van der Waals surface area contributed by atoms with Gasteiger partial charge in [-0.3, -0.25) is 9.59 Å². The molecule has 2 rings (SSSR count). The second kappa shape index (κ2) is 11.5. The Balaban J connectivity index is 1.92. The van der Waals surface area contributed by atoms with E-state index in [0.717, 1.165) is 44.6 Å². The number of benzene rings is 1. The minimum absolute atomic E-state index is 0.0926. The number of nitrogens with zero attached hydrogens (tertiary/aromatic N) is 1. The Labute approximate surface area is 187 Å². The Bertz CT molecular complexity index is 732. The monoisotopic (exact) mass is 432 g/mol. The minimum atomic E-state index is -0.581. The molecule has 0 aliphatic carbocycles. The van der Waals surface area contributed by atoms with Gasteiger partial charge in [0.1, 0.15) is 11.8 Å². The van der Waals surface area contributed by atoms with Gasteiger partial charge in [0.15, 0.2) is 0 Å². The van der Waals surface area contributed by atoms with Crippen molar-refractivity contribution in [1.29, 1.82) is 0 Å². The summed E-state index contributed by atoms with van der Waals surface area (Å²) in [5.74, 6) is 0.606. The first-order valence-electron chi connectivity index (χ1n) is 11.3. The van der Waals surface area contributed by atoms with Gasteiger partial charge in [-0.05, 0) is 62.9 Å². The van der Waals surface area contributed by atoms with Crippen LogP contribution < -0.4 is 20.7 Å². The smallest absolute Gasteiger partial charge is 0.243 e. The normalized spacial score (nSPS) is 19.4. The molecule has 31 heavy (non-hydrogen) atoms. The largest absolute Gasteiger partial charge is 0.497 e. The summed E-state index contributed by atoms with van der Waals surface area (Å²) in [5, 5.41) is 9.05. The highest BCUT2D eigenvalue weighted by Gasteiger charge is 2.35. The maximum absolute atomic E-state index is 13.1. The van der Waals surface area contributed by atoms with Crippen molar-refractivity contribution in [2.24, 2.45) is 5.41 Å². The van der Waals surface area contributed by atoms with Crippen LogP contribution in [0.1, 0.15) is 46.1 Å². The van der Waals surface area contributed by atoms with E-state index in [-0.39, 0.29) is 29.3 Å². The number of carbonyl (C=O) groups excluding carboxylic acids is 2. The number of ether oxygens (including phenoxy) is 1. The number of nitrogens with one attached hydrogen (secondary N) is 3. The highest BCUT2D eigenvalue weighted by Crippen LogP contribution is 2.21. The van der Waals surface area contributed by atoms with Crippen LogP contribution in [-0.2, 0) is 16.0 Å². The van der Waals surface area contributed by atoms with E-state index < -0.39 is 6.04 Å². The van der Waals surface area contributed by atoms with Gasteiger partial charge in [0, 0.05) is 19.1 Å². The van der Waals surface area contributed by atoms with Crippen LogP contribution in [0.5, 0.6) is 5.75 Å². The van der Waals surface area contributed by atoms with E-state index in [1.54, 1.807) is 21.1 Å². The molecule has 0 spiro atoms. The third kappa shape index (κ3) is 7.82. The van der Waals surface area contributed by atoms with Gasteiger partial charge in [-0.1, -0.05) is 32.9 Å². The number of likely N-dealkylation sites (tertiary alicyclic amines) is 1. The quantitative estimate of drug-likeness (QED) is 0.556. The topological polar surface area (TPSA) is 82.7 Å². The maximum atomic E-state index is 13.1. The molecule has 1 aliphatic rings. The zero-order valence-corrected chi connectivity index (χ0v) is 20.0. The number of hydrogen-bond acceptors (Lipinski definition) is 5. The Morgan fingerprint density at radius 3 is 2.65 bits per heavy atom. The summed E-state index contributed by atoms with van der Waals surface area (Å²) in [6, 6.07) is 7.33. The molecule has 1 aromatic rings. The molecule has 174 valence electrons. The summed E-state index contributed by atoms with van der Waals surface area (Å²) in [7, 11) is 3.42. The number of likely N-dealkylation sites (N-methyl/N-ethyl adjacent to an activating group) is 1. The van der Waals surface area contributed by atoms with Crippen LogP contribution >= 0.6 is 0 Å². The van der Waals surface area contributed by atoms with Gasteiger partial charge in [0.2, 0.25) is 11.8 Å². The molecule has 2 amide bonds. The number of hydrogen-bond donors (Lipinski definition) is 3. The fourth-order valence-corrected chi connectivity index (χ4v) is 3.85. The Morgan fingerprint density at radius 2 is 2.00 bits per heavy atom. The zero-order chi connectivity index (χ0) is 23.0. The van der Waals surface area contributed by atoms with Gasteiger partial charge in [-0.25, -0.2) is 0 Å². The summed E-state index contributed by atoms with van der Waals surface area (Å²) in [4.78, 5) is 27.9. The number of amides is 2. The van der Waals surface area contributed by atoms with Crippen LogP contribution in [0.15, 0.2) is 24.3 Å². The van der Waals surface area contributed by atoms with Crippen molar-refractivity contribution < 1.29 is 14.3 Å². The van der Waals surface area contributed by atoms with Gasteiger partial charge < -0.3 is 25.6 Å². The van der Waals surface area contributed by atoms with E-state index in [1.165, 1.54) is 5.56 Å². The standard InChI is InChI=1S/C24H40N4O3/c1-17(25-5)22(29)27-21(24(2,3)4)23(30)26-19-10-8-13-28(16-19)14-12-18-9-7-11-20(15-18)31-6/h7,9,11,15,17,19,21,25H,8,10,12-14,16H2,1-6H3,(H,26,30)(H,27,29)/t17-,19-,21+/m0/s1. The van der Waals surface area contributed by atoms with Crippen LogP contribution in [0.3, 0.4) is 0 Å². The van der Waals surface area contributed by atoms with Gasteiger partial charge in [0.05, 0.1) is 13.2 Å². The van der Waals surface area contributed by atoms with E-state index >= 15 is 0 Å². The molecule has 0 saturated carbocycles. The number of rotatable bonds is 9. The van der Waals surface area contributed by atoms with Crippen LogP contribution in [-0.4, -0.2) is 68.6 Å². The molecule has 3 atom stereocenters. The van der Waals surface area contributed by atoms with Crippen molar-refractivity contribution in [3.05, 3.63) is 29.8 Å². The highest BCUT2D eigenvalue weighted by atomic mass is 16.5. The van der Waals surface area contributed by atoms with Crippen LogP contribution in [0.4, 0.5) is 0 Å². The van der Waals surface area contributed by atoms with Gasteiger partial charge >= 0.3 is 0 Å². The molecule has 0 bridgehead atoms. The molecule has 7 heteroatoms. The van der Waals surface area contributed by atoms with Crippen LogP contribution in [0, 0.1) is 5.41 Å². The average Bonchev–Trinajstić information content (AvgIpc) is 2.74. The fraction of sp³-hybridized carbons (Fsp3) is 0.667. The lowest BCUT2D eigenvalue weighted by Crippen LogP contribution is -2.59. The van der Waals surface area contributed by atoms with E-state index in [4.69, 9.17) is 4.74 Å². The second-order valence-electron chi connectivity index (χ2n) is 9.57. The molecule has 1 aromatic carbocycles. The SMILES string of the molecule is CN[C@@H](C)C(=O)N[C@H](C(=O)N[C@H]1CCCN(CCc2cccc(OC)c2)C1)C(C)(C)C. The summed E-state index contributed by atoms with van der Waals surface area (Å²) in [6.45, 7) is 10.5. The minimum Gasteiger partial charge on any atom is -0.497 e. The van der Waals surface area contributed by atoms with Gasteiger partial charge in [-0.2, -0.15) is 0 Å². The van der Waals surface area contributed by atoms with E-state index in [2.05, 4.69) is 33.0 Å². The summed E-state index contributed by atoms with van der Waals surface area (Å²) in [5.41, 5.74) is 0.869. The molecule has 1 saturated heterocycles.